The molecule has 0 radical (unpaired) electrons. The topological polar surface area (TPSA) is 95.4 Å². The van der Waals surface area contributed by atoms with Crippen LogP contribution in [-0.2, 0) is 4.79 Å². The predicted octanol–water partition coefficient (Wildman–Crippen LogP) is 1.29. The molecule has 3 rings (SSSR count). The first kappa shape index (κ1) is 12.5. The van der Waals surface area contributed by atoms with E-state index in [0.717, 1.165) is 4.88 Å². The van der Waals surface area contributed by atoms with E-state index >= 15 is 0 Å². The molecule has 3 heterocycles. The van der Waals surface area contributed by atoms with Crippen molar-refractivity contribution in [3.63, 3.8) is 0 Å². The quantitative estimate of drug-likeness (QED) is 0.865. The van der Waals surface area contributed by atoms with Crippen LogP contribution in [0.1, 0.15) is 10.4 Å². The normalized spacial score (nSPS) is 13.8. The fourth-order valence-electron chi connectivity index (χ4n) is 2.05. The molecule has 8 heteroatoms. The van der Waals surface area contributed by atoms with Crippen molar-refractivity contribution in [3.8, 4) is 10.6 Å². The number of aromatic carboxylic acids is 1. The Morgan fingerprint density at radius 1 is 1.50 bits per heavy atom. The molecule has 2 aromatic heterocycles. The first-order valence-electron chi connectivity index (χ1n) is 5.74. The van der Waals surface area contributed by atoms with Crippen LogP contribution in [-0.4, -0.2) is 40.5 Å². The summed E-state index contributed by atoms with van der Waals surface area (Å²) in [6.45, 7) is 0.213. The van der Waals surface area contributed by atoms with Crippen molar-refractivity contribution < 1.29 is 14.7 Å². The molecule has 1 amide bonds. The number of amides is 1. The number of carbonyl (C=O) groups is 2. The average Bonchev–Trinajstić information content (AvgIpc) is 2.87. The summed E-state index contributed by atoms with van der Waals surface area (Å²) in [7, 11) is 1.77. The van der Waals surface area contributed by atoms with Crippen LogP contribution in [0.25, 0.3) is 10.6 Å². The van der Waals surface area contributed by atoms with Crippen LogP contribution < -0.4 is 10.2 Å². The number of fused-ring (bicyclic) bond motifs is 1. The minimum Gasteiger partial charge on any atom is -0.478 e. The van der Waals surface area contributed by atoms with Crippen molar-refractivity contribution in [2.45, 2.75) is 0 Å². The molecule has 1 aliphatic rings. The molecule has 0 aromatic carbocycles. The van der Waals surface area contributed by atoms with Crippen molar-refractivity contribution in [1.29, 1.82) is 0 Å². The van der Waals surface area contributed by atoms with Crippen molar-refractivity contribution in [3.05, 3.63) is 23.3 Å². The molecular formula is C12H10N4O3S. The van der Waals surface area contributed by atoms with Crippen molar-refractivity contribution >= 4 is 34.7 Å². The second-order valence-electron chi connectivity index (χ2n) is 4.33. The van der Waals surface area contributed by atoms with Gasteiger partial charge in [-0.1, -0.05) is 0 Å². The van der Waals surface area contributed by atoms with E-state index in [9.17, 15) is 9.59 Å². The van der Waals surface area contributed by atoms with E-state index in [0.29, 0.717) is 17.2 Å². The van der Waals surface area contributed by atoms with Crippen molar-refractivity contribution in [2.75, 3.05) is 23.8 Å². The molecule has 2 aromatic rings. The van der Waals surface area contributed by atoms with Crippen molar-refractivity contribution in [1.82, 2.24) is 9.97 Å². The number of thiophene rings is 1. The van der Waals surface area contributed by atoms with Gasteiger partial charge in [0.25, 0.3) is 0 Å². The molecule has 1 aliphatic heterocycles. The van der Waals surface area contributed by atoms with Gasteiger partial charge in [-0.3, -0.25) is 4.79 Å². The number of aromatic nitrogens is 2. The van der Waals surface area contributed by atoms with Crippen LogP contribution in [0.4, 0.5) is 11.5 Å². The van der Waals surface area contributed by atoms with Crippen LogP contribution in [0.15, 0.2) is 17.8 Å². The summed E-state index contributed by atoms with van der Waals surface area (Å²) in [5.74, 6) is -0.668. The minimum atomic E-state index is -0.975. The van der Waals surface area contributed by atoms with E-state index < -0.39 is 5.97 Å². The van der Waals surface area contributed by atoms with Gasteiger partial charge in [0.2, 0.25) is 5.91 Å². The van der Waals surface area contributed by atoms with Gasteiger partial charge in [-0.25, -0.2) is 14.8 Å². The van der Waals surface area contributed by atoms with Gasteiger partial charge < -0.3 is 15.3 Å². The Bertz CT molecular complexity index is 712. The van der Waals surface area contributed by atoms with E-state index in [2.05, 4.69) is 15.3 Å². The maximum absolute atomic E-state index is 11.5. The molecule has 0 aliphatic carbocycles. The highest BCUT2D eigenvalue weighted by Crippen LogP contribution is 2.38. The molecule has 20 heavy (non-hydrogen) atoms. The largest absolute Gasteiger partial charge is 0.478 e. The Morgan fingerprint density at radius 2 is 2.30 bits per heavy atom. The lowest BCUT2D eigenvalue weighted by molar-refractivity contribution is -0.115. The Kier molecular flexibility index (Phi) is 2.87. The molecule has 0 fully saturated rings. The van der Waals surface area contributed by atoms with Crippen LogP contribution in [0.2, 0.25) is 0 Å². The van der Waals surface area contributed by atoms with Crippen LogP contribution in [0, 0.1) is 0 Å². The third kappa shape index (κ3) is 1.99. The lowest BCUT2D eigenvalue weighted by atomic mass is 10.2. The minimum absolute atomic E-state index is 0.137. The number of nitrogens with one attached hydrogen (secondary N) is 1. The molecule has 0 spiro atoms. The maximum atomic E-state index is 11.5. The molecular weight excluding hydrogens is 280 g/mol. The number of anilines is 2. The molecule has 2 N–H and O–H groups in total. The summed E-state index contributed by atoms with van der Waals surface area (Å²) in [5, 5.41) is 13.2. The number of hydrogen-bond acceptors (Lipinski definition) is 6. The monoisotopic (exact) mass is 290 g/mol. The fraction of sp³-hybridized carbons (Fsp3) is 0.167. The number of hydrogen-bond donors (Lipinski definition) is 2. The number of likely N-dealkylation sites (N-methyl/N-ethyl adjacent to an activating group) is 1. The number of nitrogens with zero attached hydrogens (tertiary/aromatic N) is 3. The van der Waals surface area contributed by atoms with E-state index in [1.165, 1.54) is 17.7 Å². The second kappa shape index (κ2) is 4.57. The van der Waals surface area contributed by atoms with Gasteiger partial charge in [0.1, 0.15) is 17.7 Å². The molecule has 0 saturated heterocycles. The summed E-state index contributed by atoms with van der Waals surface area (Å²) < 4.78 is 0. The standard InChI is InChI=1S/C12H10N4O3S/c1-16-3-8(17)15-11-10(16)9(13-5-14-11)7-2-6(4-20-7)12(18)19/h2,4-5H,3H2,1H3,(H,18,19)(H,13,14,15,17). The van der Waals surface area contributed by atoms with Gasteiger partial charge in [-0.15, -0.1) is 11.3 Å². The zero-order valence-electron chi connectivity index (χ0n) is 10.5. The number of carboxylic acid groups (broad SMARTS) is 1. The smallest absolute Gasteiger partial charge is 0.336 e. The zero-order valence-corrected chi connectivity index (χ0v) is 11.3. The van der Waals surface area contributed by atoms with Gasteiger partial charge in [0.05, 0.1) is 17.0 Å². The summed E-state index contributed by atoms with van der Waals surface area (Å²) in [6.07, 6.45) is 1.35. The van der Waals surface area contributed by atoms with Crippen molar-refractivity contribution in [2.24, 2.45) is 0 Å². The molecule has 102 valence electrons. The van der Waals surface area contributed by atoms with Gasteiger partial charge in [0.15, 0.2) is 5.82 Å². The molecule has 0 unspecified atom stereocenters. The Hall–Kier alpha value is -2.48. The zero-order chi connectivity index (χ0) is 14.3. The highest BCUT2D eigenvalue weighted by Gasteiger charge is 2.25. The maximum Gasteiger partial charge on any atom is 0.336 e. The Labute approximate surface area is 117 Å². The van der Waals surface area contributed by atoms with Crippen LogP contribution in [0.5, 0.6) is 0 Å². The fourth-order valence-corrected chi connectivity index (χ4v) is 2.93. The van der Waals surface area contributed by atoms with Crippen LogP contribution in [0.3, 0.4) is 0 Å². The SMILES string of the molecule is CN1CC(=O)Nc2ncnc(-c3cc(C(=O)O)cs3)c21. The summed E-state index contributed by atoms with van der Waals surface area (Å²) in [4.78, 5) is 33.2. The average molecular weight is 290 g/mol. The summed E-state index contributed by atoms with van der Waals surface area (Å²) >= 11 is 1.30. The molecule has 0 bridgehead atoms. The third-order valence-electron chi connectivity index (χ3n) is 2.92. The summed E-state index contributed by atoms with van der Waals surface area (Å²) in [5.41, 5.74) is 1.54. The number of rotatable bonds is 2. The molecule has 0 saturated carbocycles. The lowest BCUT2D eigenvalue weighted by Gasteiger charge is -2.27. The first-order valence-corrected chi connectivity index (χ1v) is 6.62. The van der Waals surface area contributed by atoms with E-state index in [1.54, 1.807) is 23.4 Å². The number of carboxylic acids is 1. The second-order valence-corrected chi connectivity index (χ2v) is 5.24. The number of carbonyl (C=O) groups excluding carboxylic acids is 1. The predicted molar refractivity (Wildman–Crippen MR) is 74.2 cm³/mol. The highest BCUT2D eigenvalue weighted by molar-refractivity contribution is 7.13. The lowest BCUT2D eigenvalue weighted by Crippen LogP contribution is -2.36. The van der Waals surface area contributed by atoms with Gasteiger partial charge in [0, 0.05) is 12.4 Å². The van der Waals surface area contributed by atoms with Gasteiger partial charge >= 0.3 is 5.97 Å². The Morgan fingerprint density at radius 3 is 3.00 bits per heavy atom. The van der Waals surface area contributed by atoms with E-state index in [1.807, 2.05) is 0 Å². The van der Waals surface area contributed by atoms with Gasteiger partial charge in [-0.2, -0.15) is 0 Å². The Balaban J connectivity index is 2.12. The van der Waals surface area contributed by atoms with Crippen LogP contribution >= 0.6 is 11.3 Å². The highest BCUT2D eigenvalue weighted by atomic mass is 32.1. The first-order chi connectivity index (χ1) is 9.56. The third-order valence-corrected chi connectivity index (χ3v) is 3.86. The van der Waals surface area contributed by atoms with Gasteiger partial charge in [-0.05, 0) is 6.07 Å². The van der Waals surface area contributed by atoms with E-state index in [4.69, 9.17) is 5.11 Å². The van der Waals surface area contributed by atoms with E-state index in [-0.39, 0.29) is 18.0 Å². The molecule has 7 nitrogen and oxygen atoms in total. The summed E-state index contributed by atoms with van der Waals surface area (Å²) in [6, 6.07) is 1.57. The molecule has 0 atom stereocenters.